The third kappa shape index (κ3) is 4.98. The standard InChI is InChI=1S/C22H25N5O2.ClH/c1-16-21(25-26-27(16)18-11-13-23-14-12-18)22(28)24-20-10-6-5-7-17(20)15-29-19-8-3-2-4-9-19;/h2-10,18,23H,11-15H2,1H3,(H,24,28);1H. The first kappa shape index (κ1) is 21.8. The monoisotopic (exact) mass is 427 g/mol. The molecule has 0 radical (unpaired) electrons. The van der Waals surface area contributed by atoms with Crippen molar-refractivity contribution in [2.24, 2.45) is 0 Å². The number of amides is 1. The fourth-order valence-electron chi connectivity index (χ4n) is 3.58. The second kappa shape index (κ2) is 10.2. The Hall–Kier alpha value is -2.90. The van der Waals surface area contributed by atoms with E-state index in [-0.39, 0.29) is 24.4 Å². The normalized spacial score (nSPS) is 14.0. The van der Waals surface area contributed by atoms with Crippen LogP contribution < -0.4 is 15.4 Å². The van der Waals surface area contributed by atoms with Crippen molar-refractivity contribution in [1.29, 1.82) is 0 Å². The number of hydrogen-bond acceptors (Lipinski definition) is 5. The second-order valence-electron chi connectivity index (χ2n) is 7.16. The number of nitrogens with one attached hydrogen (secondary N) is 2. The Balaban J connectivity index is 0.00000256. The second-order valence-corrected chi connectivity index (χ2v) is 7.16. The van der Waals surface area contributed by atoms with Crippen molar-refractivity contribution >= 4 is 24.0 Å². The molecule has 30 heavy (non-hydrogen) atoms. The lowest BCUT2D eigenvalue weighted by Crippen LogP contribution is -2.30. The summed E-state index contributed by atoms with van der Waals surface area (Å²) in [6.45, 7) is 4.18. The molecule has 1 aliphatic heterocycles. The van der Waals surface area contributed by atoms with Crippen LogP contribution in [0.3, 0.4) is 0 Å². The van der Waals surface area contributed by atoms with Crippen molar-refractivity contribution in [1.82, 2.24) is 20.3 Å². The highest BCUT2D eigenvalue weighted by Gasteiger charge is 2.23. The van der Waals surface area contributed by atoms with E-state index in [0.717, 1.165) is 42.9 Å². The third-order valence-electron chi connectivity index (χ3n) is 5.20. The number of hydrogen-bond donors (Lipinski definition) is 2. The van der Waals surface area contributed by atoms with Crippen LogP contribution in [0.4, 0.5) is 5.69 Å². The number of para-hydroxylation sites is 2. The smallest absolute Gasteiger partial charge is 0.278 e. The Bertz CT molecular complexity index is 971. The van der Waals surface area contributed by atoms with E-state index in [2.05, 4.69) is 20.9 Å². The summed E-state index contributed by atoms with van der Waals surface area (Å²) < 4.78 is 7.73. The minimum Gasteiger partial charge on any atom is -0.489 e. The van der Waals surface area contributed by atoms with Gasteiger partial charge in [-0.1, -0.05) is 41.6 Å². The van der Waals surface area contributed by atoms with Gasteiger partial charge in [-0.3, -0.25) is 4.79 Å². The molecule has 0 atom stereocenters. The molecule has 8 heteroatoms. The van der Waals surface area contributed by atoms with E-state index in [0.29, 0.717) is 18.0 Å². The van der Waals surface area contributed by atoms with Crippen molar-refractivity contribution < 1.29 is 9.53 Å². The fraction of sp³-hybridized carbons (Fsp3) is 0.318. The van der Waals surface area contributed by atoms with E-state index >= 15 is 0 Å². The molecule has 1 aromatic heterocycles. The average Bonchev–Trinajstić information content (AvgIpc) is 3.16. The van der Waals surface area contributed by atoms with Crippen LogP contribution >= 0.6 is 12.4 Å². The summed E-state index contributed by atoms with van der Waals surface area (Å²) in [5, 5.41) is 14.7. The zero-order valence-electron chi connectivity index (χ0n) is 16.9. The van der Waals surface area contributed by atoms with Gasteiger partial charge in [0.25, 0.3) is 5.91 Å². The Morgan fingerprint density at radius 3 is 2.60 bits per heavy atom. The summed E-state index contributed by atoms with van der Waals surface area (Å²) in [5.74, 6) is 0.532. The maximum Gasteiger partial charge on any atom is 0.278 e. The predicted octanol–water partition coefficient (Wildman–Crippen LogP) is 3.76. The van der Waals surface area contributed by atoms with E-state index < -0.39 is 0 Å². The number of piperidine rings is 1. The van der Waals surface area contributed by atoms with Gasteiger partial charge in [-0.25, -0.2) is 4.68 Å². The molecular formula is C22H26ClN5O2. The van der Waals surface area contributed by atoms with Gasteiger partial charge in [0, 0.05) is 11.3 Å². The molecular weight excluding hydrogens is 402 g/mol. The number of halogens is 1. The molecule has 0 saturated carbocycles. The Morgan fingerprint density at radius 1 is 1.13 bits per heavy atom. The summed E-state index contributed by atoms with van der Waals surface area (Å²) >= 11 is 0. The number of benzene rings is 2. The summed E-state index contributed by atoms with van der Waals surface area (Å²) in [6, 6.07) is 17.5. The van der Waals surface area contributed by atoms with E-state index in [9.17, 15) is 4.79 Å². The van der Waals surface area contributed by atoms with Crippen molar-refractivity contribution in [3.63, 3.8) is 0 Å². The van der Waals surface area contributed by atoms with Gasteiger partial charge in [0.1, 0.15) is 12.4 Å². The zero-order valence-corrected chi connectivity index (χ0v) is 17.7. The number of carbonyl (C=O) groups excluding carboxylic acids is 1. The number of rotatable bonds is 6. The van der Waals surface area contributed by atoms with Crippen LogP contribution in [-0.4, -0.2) is 34.0 Å². The Labute approximate surface area is 182 Å². The molecule has 1 saturated heterocycles. The summed E-state index contributed by atoms with van der Waals surface area (Å²) in [6.07, 6.45) is 1.98. The topological polar surface area (TPSA) is 81.1 Å². The first-order valence-electron chi connectivity index (χ1n) is 9.92. The molecule has 158 valence electrons. The van der Waals surface area contributed by atoms with Gasteiger partial charge >= 0.3 is 0 Å². The van der Waals surface area contributed by atoms with Crippen LogP contribution in [0.5, 0.6) is 5.75 Å². The third-order valence-corrected chi connectivity index (χ3v) is 5.20. The number of ether oxygens (including phenoxy) is 1. The molecule has 3 aromatic rings. The SMILES string of the molecule is Cc1c(C(=O)Nc2ccccc2COc2ccccc2)nnn1C1CCNCC1.Cl. The number of aromatic nitrogens is 3. The maximum absolute atomic E-state index is 12.9. The van der Waals surface area contributed by atoms with Crippen LogP contribution in [0.2, 0.25) is 0 Å². The lowest BCUT2D eigenvalue weighted by molar-refractivity contribution is 0.102. The van der Waals surface area contributed by atoms with E-state index in [1.54, 1.807) is 0 Å². The van der Waals surface area contributed by atoms with Gasteiger partial charge in [0.05, 0.1) is 11.7 Å². The molecule has 0 bridgehead atoms. The van der Waals surface area contributed by atoms with Crippen LogP contribution in [-0.2, 0) is 6.61 Å². The van der Waals surface area contributed by atoms with Crippen LogP contribution in [0.15, 0.2) is 54.6 Å². The number of anilines is 1. The maximum atomic E-state index is 12.9. The summed E-state index contributed by atoms with van der Waals surface area (Å²) in [4.78, 5) is 12.9. The molecule has 0 spiro atoms. The van der Waals surface area contributed by atoms with Crippen molar-refractivity contribution in [3.05, 3.63) is 71.5 Å². The lowest BCUT2D eigenvalue weighted by Gasteiger charge is -2.23. The highest BCUT2D eigenvalue weighted by molar-refractivity contribution is 6.03. The first-order chi connectivity index (χ1) is 14.2. The van der Waals surface area contributed by atoms with Gasteiger partial charge < -0.3 is 15.4 Å². The Kier molecular flexibility index (Phi) is 7.43. The number of nitrogens with zero attached hydrogens (tertiary/aromatic N) is 3. The fourth-order valence-corrected chi connectivity index (χ4v) is 3.58. The molecule has 0 unspecified atom stereocenters. The molecule has 2 N–H and O–H groups in total. The number of carbonyl (C=O) groups is 1. The van der Waals surface area contributed by atoms with Crippen LogP contribution in [0.25, 0.3) is 0 Å². The molecule has 0 aliphatic carbocycles. The molecule has 1 amide bonds. The lowest BCUT2D eigenvalue weighted by atomic mass is 10.1. The van der Waals surface area contributed by atoms with Crippen molar-refractivity contribution in [3.8, 4) is 5.75 Å². The first-order valence-corrected chi connectivity index (χ1v) is 9.92. The van der Waals surface area contributed by atoms with Crippen LogP contribution in [0, 0.1) is 6.92 Å². The van der Waals surface area contributed by atoms with Gasteiger partial charge in [0.15, 0.2) is 5.69 Å². The molecule has 4 rings (SSSR count). The Morgan fingerprint density at radius 2 is 1.83 bits per heavy atom. The predicted molar refractivity (Wildman–Crippen MR) is 118 cm³/mol. The summed E-state index contributed by atoms with van der Waals surface area (Å²) in [5.41, 5.74) is 2.77. The molecule has 7 nitrogen and oxygen atoms in total. The average molecular weight is 428 g/mol. The minimum atomic E-state index is -0.255. The van der Waals surface area contributed by atoms with E-state index in [4.69, 9.17) is 4.74 Å². The molecule has 1 aliphatic rings. The quantitative estimate of drug-likeness (QED) is 0.626. The van der Waals surface area contributed by atoms with Crippen molar-refractivity contribution in [2.45, 2.75) is 32.4 Å². The highest BCUT2D eigenvalue weighted by Crippen LogP contribution is 2.22. The highest BCUT2D eigenvalue weighted by atomic mass is 35.5. The molecule has 1 fully saturated rings. The van der Waals surface area contributed by atoms with Gasteiger partial charge in [0.2, 0.25) is 0 Å². The molecule has 2 heterocycles. The van der Waals surface area contributed by atoms with E-state index in [1.165, 1.54) is 0 Å². The zero-order chi connectivity index (χ0) is 20.1. The van der Waals surface area contributed by atoms with Gasteiger partial charge in [-0.15, -0.1) is 17.5 Å². The largest absolute Gasteiger partial charge is 0.489 e. The minimum absolute atomic E-state index is 0. The van der Waals surface area contributed by atoms with Gasteiger partial charge in [-0.05, 0) is 51.1 Å². The van der Waals surface area contributed by atoms with E-state index in [1.807, 2.05) is 66.2 Å². The molecule has 2 aromatic carbocycles. The van der Waals surface area contributed by atoms with Crippen LogP contribution in [0.1, 0.15) is 40.6 Å². The van der Waals surface area contributed by atoms with Crippen molar-refractivity contribution in [2.75, 3.05) is 18.4 Å². The summed E-state index contributed by atoms with van der Waals surface area (Å²) in [7, 11) is 0. The van der Waals surface area contributed by atoms with Gasteiger partial charge in [-0.2, -0.15) is 0 Å².